The van der Waals surface area contributed by atoms with Crippen molar-refractivity contribution in [1.29, 1.82) is 0 Å². The lowest BCUT2D eigenvalue weighted by Gasteiger charge is -2.19. The van der Waals surface area contributed by atoms with E-state index < -0.39 is 0 Å². The zero-order valence-corrected chi connectivity index (χ0v) is 13.5. The summed E-state index contributed by atoms with van der Waals surface area (Å²) >= 11 is 8.08. The highest BCUT2D eigenvalue weighted by Gasteiger charge is 2.18. The van der Waals surface area contributed by atoms with Gasteiger partial charge in [-0.15, -0.1) is 11.8 Å². The van der Waals surface area contributed by atoms with E-state index in [1.165, 1.54) is 34.5 Å². The SMILES string of the molecule is OC1=CC2=C(CCCC2)C(SCc2ccccc2Cl)=CC1. The molecule has 21 heavy (non-hydrogen) atoms. The summed E-state index contributed by atoms with van der Waals surface area (Å²) in [7, 11) is 0. The molecule has 1 aromatic carbocycles. The van der Waals surface area contributed by atoms with Gasteiger partial charge in [0, 0.05) is 22.1 Å². The van der Waals surface area contributed by atoms with Gasteiger partial charge in [-0.3, -0.25) is 0 Å². The van der Waals surface area contributed by atoms with Crippen LogP contribution in [0.2, 0.25) is 5.02 Å². The Bertz CT molecular complexity index is 628. The Hall–Kier alpha value is -1.12. The minimum absolute atomic E-state index is 0.484. The molecule has 1 N–H and O–H groups in total. The normalized spacial score (nSPS) is 18.7. The molecule has 1 nitrogen and oxygen atoms in total. The van der Waals surface area contributed by atoms with E-state index in [0.29, 0.717) is 12.2 Å². The van der Waals surface area contributed by atoms with Crippen molar-refractivity contribution in [2.45, 2.75) is 37.9 Å². The molecule has 110 valence electrons. The van der Waals surface area contributed by atoms with Crippen molar-refractivity contribution in [3.8, 4) is 0 Å². The van der Waals surface area contributed by atoms with Gasteiger partial charge >= 0.3 is 0 Å². The first kappa shape index (κ1) is 14.8. The molecule has 0 aliphatic heterocycles. The number of halogens is 1. The Kier molecular flexibility index (Phi) is 4.77. The van der Waals surface area contributed by atoms with E-state index in [1.807, 2.05) is 36.0 Å². The van der Waals surface area contributed by atoms with Crippen LogP contribution < -0.4 is 0 Å². The van der Waals surface area contributed by atoms with Crippen LogP contribution in [0.5, 0.6) is 0 Å². The maximum Gasteiger partial charge on any atom is 0.0963 e. The summed E-state index contributed by atoms with van der Waals surface area (Å²) in [5.41, 5.74) is 3.93. The Morgan fingerprint density at radius 3 is 2.81 bits per heavy atom. The van der Waals surface area contributed by atoms with Gasteiger partial charge in [-0.2, -0.15) is 0 Å². The van der Waals surface area contributed by atoms with E-state index >= 15 is 0 Å². The summed E-state index contributed by atoms with van der Waals surface area (Å²) in [4.78, 5) is 1.32. The first-order valence-corrected chi connectivity index (χ1v) is 8.78. The van der Waals surface area contributed by atoms with Gasteiger partial charge in [-0.1, -0.05) is 35.9 Å². The van der Waals surface area contributed by atoms with Crippen molar-refractivity contribution < 1.29 is 5.11 Å². The number of rotatable bonds is 3. The van der Waals surface area contributed by atoms with Crippen molar-refractivity contribution in [3.05, 3.63) is 68.8 Å². The average Bonchev–Trinajstić information content (AvgIpc) is 2.65. The largest absolute Gasteiger partial charge is 0.512 e. The van der Waals surface area contributed by atoms with Crippen molar-refractivity contribution in [1.82, 2.24) is 0 Å². The fourth-order valence-corrected chi connectivity index (χ4v) is 4.32. The molecule has 0 atom stereocenters. The van der Waals surface area contributed by atoms with E-state index in [-0.39, 0.29) is 0 Å². The van der Waals surface area contributed by atoms with Gasteiger partial charge in [0.15, 0.2) is 0 Å². The highest BCUT2D eigenvalue weighted by molar-refractivity contribution is 8.02. The van der Waals surface area contributed by atoms with Gasteiger partial charge in [0.2, 0.25) is 0 Å². The van der Waals surface area contributed by atoms with Crippen LogP contribution in [0.1, 0.15) is 37.7 Å². The minimum atomic E-state index is 0.484. The fraction of sp³-hybridized carbons (Fsp3) is 0.333. The fourth-order valence-electron chi connectivity index (χ4n) is 2.87. The maximum absolute atomic E-state index is 9.93. The van der Waals surface area contributed by atoms with Crippen LogP contribution in [-0.4, -0.2) is 5.11 Å². The molecule has 1 aromatic rings. The third-order valence-corrected chi connectivity index (χ3v) is 5.53. The number of aliphatic hydroxyl groups excluding tert-OH is 1. The molecule has 0 amide bonds. The van der Waals surface area contributed by atoms with Gasteiger partial charge in [-0.05, 0) is 54.5 Å². The molecule has 0 unspecified atom stereocenters. The second kappa shape index (κ2) is 6.76. The van der Waals surface area contributed by atoms with Gasteiger partial charge in [0.1, 0.15) is 0 Å². The second-order valence-corrected chi connectivity index (χ2v) is 6.92. The van der Waals surface area contributed by atoms with Crippen LogP contribution in [0, 0.1) is 0 Å². The molecule has 2 aliphatic rings. The molecular weight excluding hydrogens is 300 g/mol. The van der Waals surface area contributed by atoms with Gasteiger partial charge in [0.05, 0.1) is 5.76 Å². The minimum Gasteiger partial charge on any atom is -0.512 e. The van der Waals surface area contributed by atoms with Gasteiger partial charge < -0.3 is 5.11 Å². The van der Waals surface area contributed by atoms with E-state index in [1.54, 1.807) is 0 Å². The molecule has 0 radical (unpaired) electrons. The molecule has 0 bridgehead atoms. The second-order valence-electron chi connectivity index (χ2n) is 5.50. The quantitative estimate of drug-likeness (QED) is 0.718. The third-order valence-electron chi connectivity index (χ3n) is 3.99. The monoisotopic (exact) mass is 318 g/mol. The molecule has 2 aliphatic carbocycles. The lowest BCUT2D eigenvalue weighted by atomic mass is 9.91. The Balaban J connectivity index is 1.80. The number of hydrogen-bond acceptors (Lipinski definition) is 2. The first-order valence-electron chi connectivity index (χ1n) is 7.42. The van der Waals surface area contributed by atoms with Crippen molar-refractivity contribution in [2.75, 3.05) is 0 Å². The lowest BCUT2D eigenvalue weighted by molar-refractivity contribution is 0.400. The van der Waals surface area contributed by atoms with E-state index in [4.69, 9.17) is 11.6 Å². The number of thioether (sulfide) groups is 1. The van der Waals surface area contributed by atoms with E-state index in [2.05, 4.69) is 12.1 Å². The molecule has 0 aromatic heterocycles. The summed E-state index contributed by atoms with van der Waals surface area (Å²) < 4.78 is 0. The number of aliphatic hydroxyl groups is 1. The predicted molar refractivity (Wildman–Crippen MR) is 91.7 cm³/mol. The number of benzene rings is 1. The molecule has 3 heteroatoms. The molecule has 3 rings (SSSR count). The standard InChI is InChI=1S/C18H19ClOS/c19-17-8-4-2-6-14(17)12-21-18-10-9-15(20)11-13-5-1-3-7-16(13)18/h2,4,6,8,10-11,20H,1,3,5,7,9,12H2. The van der Waals surface area contributed by atoms with Crippen LogP contribution in [-0.2, 0) is 5.75 Å². The average molecular weight is 319 g/mol. The van der Waals surface area contributed by atoms with Crippen LogP contribution in [0.3, 0.4) is 0 Å². The molecule has 0 fully saturated rings. The predicted octanol–water partition coefficient (Wildman–Crippen LogP) is 6.17. The molecule has 0 heterocycles. The third kappa shape index (κ3) is 3.56. The Morgan fingerprint density at radius 2 is 1.95 bits per heavy atom. The van der Waals surface area contributed by atoms with Crippen LogP contribution in [0.15, 0.2) is 58.2 Å². The smallest absolute Gasteiger partial charge is 0.0963 e. The highest BCUT2D eigenvalue weighted by atomic mass is 35.5. The molecular formula is C18H19ClOS. The van der Waals surface area contributed by atoms with Gasteiger partial charge in [0.25, 0.3) is 0 Å². The summed E-state index contributed by atoms with van der Waals surface area (Å²) in [6.07, 6.45) is 9.47. The highest BCUT2D eigenvalue weighted by Crippen LogP contribution is 2.40. The van der Waals surface area contributed by atoms with E-state index in [9.17, 15) is 5.11 Å². The topological polar surface area (TPSA) is 20.2 Å². The molecule has 0 saturated heterocycles. The van der Waals surface area contributed by atoms with Crippen LogP contribution in [0.25, 0.3) is 0 Å². The summed E-state index contributed by atoms with van der Waals surface area (Å²) in [6.45, 7) is 0. The van der Waals surface area contributed by atoms with E-state index in [0.717, 1.165) is 23.6 Å². The summed E-state index contributed by atoms with van der Waals surface area (Å²) in [6, 6.07) is 8.02. The maximum atomic E-state index is 9.93. The van der Waals surface area contributed by atoms with Crippen LogP contribution >= 0.6 is 23.4 Å². The number of hydrogen-bond donors (Lipinski definition) is 1. The van der Waals surface area contributed by atoms with Crippen molar-refractivity contribution in [2.24, 2.45) is 0 Å². The van der Waals surface area contributed by atoms with Crippen molar-refractivity contribution >= 4 is 23.4 Å². The number of allylic oxidation sites excluding steroid dienone is 4. The summed E-state index contributed by atoms with van der Waals surface area (Å²) in [5, 5.41) is 10.8. The lowest BCUT2D eigenvalue weighted by Crippen LogP contribution is -1.99. The summed E-state index contributed by atoms with van der Waals surface area (Å²) in [5.74, 6) is 1.36. The Labute approximate surface area is 135 Å². The molecule has 0 spiro atoms. The van der Waals surface area contributed by atoms with Gasteiger partial charge in [-0.25, -0.2) is 0 Å². The van der Waals surface area contributed by atoms with Crippen molar-refractivity contribution in [3.63, 3.8) is 0 Å². The molecule has 0 saturated carbocycles. The first-order chi connectivity index (χ1) is 10.2. The Morgan fingerprint density at radius 1 is 1.14 bits per heavy atom. The zero-order valence-electron chi connectivity index (χ0n) is 11.9. The zero-order chi connectivity index (χ0) is 14.7. The van der Waals surface area contributed by atoms with Crippen LogP contribution in [0.4, 0.5) is 0 Å².